The van der Waals surface area contributed by atoms with Gasteiger partial charge < -0.3 is 10.1 Å². The zero-order chi connectivity index (χ0) is 11.5. The van der Waals surface area contributed by atoms with Gasteiger partial charge in [0, 0.05) is 18.0 Å². The van der Waals surface area contributed by atoms with E-state index in [1.165, 1.54) is 0 Å². The second-order valence-electron chi connectivity index (χ2n) is 3.90. The maximum Gasteiger partial charge on any atom is 0.167 e. The Balaban J connectivity index is 2.22. The Labute approximate surface area is 99.7 Å². The van der Waals surface area contributed by atoms with Crippen LogP contribution in [-0.4, -0.2) is 26.0 Å². The number of rotatable bonds is 3. The van der Waals surface area contributed by atoms with Crippen molar-refractivity contribution >= 4 is 17.4 Å². The third-order valence-corrected chi connectivity index (χ3v) is 3.18. The molecule has 1 saturated heterocycles. The van der Waals surface area contributed by atoms with Gasteiger partial charge in [0.1, 0.15) is 5.75 Å². The van der Waals surface area contributed by atoms with Crippen LogP contribution in [0.5, 0.6) is 5.75 Å². The lowest BCUT2D eigenvalue weighted by Crippen LogP contribution is -2.17. The summed E-state index contributed by atoms with van der Waals surface area (Å²) < 4.78 is 5.10. The second kappa shape index (κ2) is 4.85. The summed E-state index contributed by atoms with van der Waals surface area (Å²) in [6, 6.07) is 5.17. The molecule has 1 aliphatic heterocycles. The molecule has 1 aliphatic rings. The van der Waals surface area contributed by atoms with E-state index in [1.807, 2.05) is 0 Å². The monoisotopic (exact) mass is 239 g/mol. The molecule has 0 aliphatic carbocycles. The maximum absolute atomic E-state index is 12.1. The topological polar surface area (TPSA) is 38.3 Å². The molecular formula is C12H14ClNO2. The fourth-order valence-corrected chi connectivity index (χ4v) is 2.12. The highest BCUT2D eigenvalue weighted by molar-refractivity contribution is 6.32. The molecule has 0 saturated carbocycles. The van der Waals surface area contributed by atoms with E-state index in [9.17, 15) is 4.79 Å². The minimum absolute atomic E-state index is 0.0888. The highest BCUT2D eigenvalue weighted by atomic mass is 35.5. The average molecular weight is 240 g/mol. The third kappa shape index (κ3) is 2.20. The first-order valence-corrected chi connectivity index (χ1v) is 5.68. The molecule has 1 N–H and O–H groups in total. The number of hydrogen-bond donors (Lipinski definition) is 1. The van der Waals surface area contributed by atoms with Crippen LogP contribution in [-0.2, 0) is 0 Å². The number of Topliss-reactive ketones (excluding diaryl/α,β-unsaturated/α-hetero) is 1. The molecule has 1 fully saturated rings. The van der Waals surface area contributed by atoms with Crippen LogP contribution in [0.25, 0.3) is 0 Å². The number of halogens is 1. The molecule has 86 valence electrons. The standard InChI is InChI=1S/C12H14ClNO2/c1-16-11-6-8(2-3-10(11)13)12(15)9-4-5-14-7-9/h2-3,6,9,14H,4-5,7H2,1H3. The van der Waals surface area contributed by atoms with Crippen molar-refractivity contribution < 1.29 is 9.53 Å². The van der Waals surface area contributed by atoms with E-state index in [4.69, 9.17) is 16.3 Å². The number of methoxy groups -OCH3 is 1. The van der Waals surface area contributed by atoms with Crippen molar-refractivity contribution in [3.63, 3.8) is 0 Å². The number of benzene rings is 1. The molecule has 3 nitrogen and oxygen atoms in total. The highest BCUT2D eigenvalue weighted by Crippen LogP contribution is 2.26. The summed E-state index contributed by atoms with van der Waals surface area (Å²) in [5.74, 6) is 0.810. The number of nitrogens with one attached hydrogen (secondary N) is 1. The zero-order valence-electron chi connectivity index (χ0n) is 9.13. The van der Waals surface area contributed by atoms with Gasteiger partial charge in [-0.2, -0.15) is 0 Å². The van der Waals surface area contributed by atoms with E-state index >= 15 is 0 Å². The molecule has 1 heterocycles. The molecule has 1 unspecified atom stereocenters. The van der Waals surface area contributed by atoms with Gasteiger partial charge in [0.25, 0.3) is 0 Å². The lowest BCUT2D eigenvalue weighted by molar-refractivity contribution is 0.0930. The van der Waals surface area contributed by atoms with Crippen molar-refractivity contribution in [3.05, 3.63) is 28.8 Å². The SMILES string of the molecule is COc1cc(C(=O)C2CCNC2)ccc1Cl. The van der Waals surface area contributed by atoms with E-state index in [2.05, 4.69) is 5.32 Å². The van der Waals surface area contributed by atoms with Crippen LogP contribution >= 0.6 is 11.6 Å². The summed E-state index contributed by atoms with van der Waals surface area (Å²) in [4.78, 5) is 12.1. The molecule has 0 amide bonds. The van der Waals surface area contributed by atoms with Crippen LogP contribution in [0.1, 0.15) is 16.8 Å². The van der Waals surface area contributed by atoms with Crippen LogP contribution in [0, 0.1) is 5.92 Å². The second-order valence-corrected chi connectivity index (χ2v) is 4.31. The van der Waals surface area contributed by atoms with Gasteiger partial charge in [0.2, 0.25) is 0 Å². The van der Waals surface area contributed by atoms with Crippen LogP contribution in [0.3, 0.4) is 0 Å². The van der Waals surface area contributed by atoms with Gasteiger partial charge in [-0.15, -0.1) is 0 Å². The number of ether oxygens (including phenoxy) is 1. The van der Waals surface area contributed by atoms with Gasteiger partial charge in [0.05, 0.1) is 12.1 Å². The first-order valence-electron chi connectivity index (χ1n) is 5.31. The predicted octanol–water partition coefficient (Wildman–Crippen LogP) is 2.14. The summed E-state index contributed by atoms with van der Waals surface area (Å²) in [5.41, 5.74) is 0.676. The Kier molecular flexibility index (Phi) is 3.46. The summed E-state index contributed by atoms with van der Waals surface area (Å²) >= 11 is 5.91. The average Bonchev–Trinajstić information content (AvgIpc) is 2.82. The fourth-order valence-electron chi connectivity index (χ4n) is 1.93. The maximum atomic E-state index is 12.1. The Bertz CT molecular complexity index is 400. The molecule has 16 heavy (non-hydrogen) atoms. The van der Waals surface area contributed by atoms with Crippen LogP contribution in [0.2, 0.25) is 5.02 Å². The highest BCUT2D eigenvalue weighted by Gasteiger charge is 2.24. The molecule has 1 aromatic carbocycles. The minimum atomic E-state index is 0.0888. The molecule has 4 heteroatoms. The summed E-state index contributed by atoms with van der Waals surface area (Å²) in [6.07, 6.45) is 0.907. The quantitative estimate of drug-likeness (QED) is 0.822. The minimum Gasteiger partial charge on any atom is -0.495 e. The van der Waals surface area contributed by atoms with Crippen molar-refractivity contribution in [2.45, 2.75) is 6.42 Å². The predicted molar refractivity (Wildman–Crippen MR) is 63.3 cm³/mol. The molecule has 0 radical (unpaired) electrons. The van der Waals surface area contributed by atoms with Crippen molar-refractivity contribution in [1.82, 2.24) is 5.32 Å². The van der Waals surface area contributed by atoms with E-state index in [0.29, 0.717) is 16.3 Å². The van der Waals surface area contributed by atoms with E-state index < -0.39 is 0 Å². The Morgan fingerprint density at radius 2 is 2.38 bits per heavy atom. The van der Waals surface area contributed by atoms with Gasteiger partial charge in [-0.25, -0.2) is 0 Å². The molecule has 0 aromatic heterocycles. The number of hydrogen-bond acceptors (Lipinski definition) is 3. The molecule has 0 spiro atoms. The van der Waals surface area contributed by atoms with Crippen LogP contribution < -0.4 is 10.1 Å². The Morgan fingerprint density at radius 3 is 3.00 bits per heavy atom. The number of ketones is 1. The zero-order valence-corrected chi connectivity index (χ0v) is 9.88. The normalized spacial score (nSPS) is 19.8. The molecular weight excluding hydrogens is 226 g/mol. The summed E-state index contributed by atoms with van der Waals surface area (Å²) in [7, 11) is 1.55. The smallest absolute Gasteiger partial charge is 0.167 e. The van der Waals surface area contributed by atoms with E-state index in [1.54, 1.807) is 25.3 Å². The fraction of sp³-hybridized carbons (Fsp3) is 0.417. The largest absolute Gasteiger partial charge is 0.495 e. The van der Waals surface area contributed by atoms with Crippen LogP contribution in [0.4, 0.5) is 0 Å². The van der Waals surface area contributed by atoms with Crippen molar-refractivity contribution in [2.24, 2.45) is 5.92 Å². The van der Waals surface area contributed by atoms with E-state index in [0.717, 1.165) is 19.5 Å². The van der Waals surface area contributed by atoms with Gasteiger partial charge in [0.15, 0.2) is 5.78 Å². The molecule has 1 atom stereocenters. The molecule has 1 aromatic rings. The Morgan fingerprint density at radius 1 is 1.56 bits per heavy atom. The molecule has 2 rings (SSSR count). The summed E-state index contributed by atoms with van der Waals surface area (Å²) in [6.45, 7) is 1.69. The Hall–Kier alpha value is -1.06. The number of carbonyl (C=O) groups is 1. The lowest BCUT2D eigenvalue weighted by atomic mass is 9.97. The first-order chi connectivity index (χ1) is 7.72. The van der Waals surface area contributed by atoms with Crippen molar-refractivity contribution in [3.8, 4) is 5.75 Å². The van der Waals surface area contributed by atoms with Crippen molar-refractivity contribution in [2.75, 3.05) is 20.2 Å². The molecule has 0 bridgehead atoms. The van der Waals surface area contributed by atoms with Crippen molar-refractivity contribution in [1.29, 1.82) is 0 Å². The van der Waals surface area contributed by atoms with Gasteiger partial charge in [-0.05, 0) is 31.2 Å². The van der Waals surface area contributed by atoms with Gasteiger partial charge >= 0.3 is 0 Å². The third-order valence-electron chi connectivity index (χ3n) is 2.87. The lowest BCUT2D eigenvalue weighted by Gasteiger charge is -2.09. The van der Waals surface area contributed by atoms with Crippen LogP contribution in [0.15, 0.2) is 18.2 Å². The number of carbonyl (C=O) groups excluding carboxylic acids is 1. The van der Waals surface area contributed by atoms with Gasteiger partial charge in [-0.3, -0.25) is 4.79 Å². The van der Waals surface area contributed by atoms with E-state index in [-0.39, 0.29) is 11.7 Å². The van der Waals surface area contributed by atoms with Gasteiger partial charge in [-0.1, -0.05) is 11.6 Å². The first kappa shape index (κ1) is 11.4. The summed E-state index contributed by atoms with van der Waals surface area (Å²) in [5, 5.41) is 3.72.